The monoisotopic (exact) mass is 542 g/mol. The van der Waals surface area contributed by atoms with Crippen molar-refractivity contribution < 1.29 is 14.6 Å². The molecule has 6 heteroatoms. The lowest BCUT2D eigenvalue weighted by Crippen LogP contribution is -2.21. The molecule has 1 amide bonds. The lowest BCUT2D eigenvalue weighted by atomic mass is 10.1. The minimum atomic E-state index is -0.490. The van der Waals surface area contributed by atoms with Crippen molar-refractivity contribution in [1.82, 2.24) is 4.57 Å². The number of unbranched alkanes of at least 4 members (excludes halogenated alkanes) is 3. The number of carbonyl (C=O) groups excluding carboxylic acids is 1. The summed E-state index contributed by atoms with van der Waals surface area (Å²) in [5, 5.41) is 14.4. The van der Waals surface area contributed by atoms with Crippen LogP contribution in [0, 0.1) is 0 Å². The number of nitrogens with zero attached hydrogens (tertiary/aromatic N) is 1. The molecule has 3 rings (SSSR count). The number of carbonyl (C=O) groups is 1. The molecule has 0 aliphatic heterocycles. The van der Waals surface area contributed by atoms with Crippen molar-refractivity contribution in [3.8, 4) is 11.5 Å². The van der Waals surface area contributed by atoms with E-state index in [-0.39, 0.29) is 24.0 Å². The van der Waals surface area contributed by atoms with Gasteiger partial charge in [-0.15, -0.1) is 0 Å². The Balaban J connectivity index is 1.89. The Morgan fingerprint density at radius 1 is 1.02 bits per heavy atom. The number of amides is 1. The van der Waals surface area contributed by atoms with E-state index < -0.39 is 5.56 Å². The summed E-state index contributed by atoms with van der Waals surface area (Å²) in [4.78, 5) is 25.9. The summed E-state index contributed by atoms with van der Waals surface area (Å²) < 4.78 is 7.57. The number of nitrogens with one attached hydrogen (secondary N) is 1. The highest BCUT2D eigenvalue weighted by atomic mass is 16.5. The lowest BCUT2D eigenvalue weighted by molar-refractivity contribution is -0.111. The van der Waals surface area contributed by atoms with Crippen LogP contribution in [0.15, 0.2) is 82.7 Å². The molecule has 1 aromatic heterocycles. The van der Waals surface area contributed by atoms with E-state index in [2.05, 4.69) is 39.1 Å². The van der Waals surface area contributed by atoms with Crippen LogP contribution in [-0.2, 0) is 11.3 Å². The van der Waals surface area contributed by atoms with E-state index >= 15 is 0 Å². The van der Waals surface area contributed by atoms with Crippen molar-refractivity contribution in [2.24, 2.45) is 0 Å². The highest BCUT2D eigenvalue weighted by Gasteiger charge is 2.18. The fraction of sp³-hybridized carbons (Fsp3) is 0.353. The third-order valence-electron chi connectivity index (χ3n) is 6.68. The molecule has 0 bridgehead atoms. The van der Waals surface area contributed by atoms with E-state index in [4.69, 9.17) is 4.74 Å². The van der Waals surface area contributed by atoms with Gasteiger partial charge in [-0.1, -0.05) is 73.7 Å². The number of pyridine rings is 1. The van der Waals surface area contributed by atoms with Gasteiger partial charge in [-0.2, -0.15) is 0 Å². The number of fused-ring (bicyclic) bond motifs is 1. The second-order valence-electron chi connectivity index (χ2n) is 10.3. The number of aromatic hydroxyl groups is 1. The van der Waals surface area contributed by atoms with Gasteiger partial charge in [0, 0.05) is 23.7 Å². The number of benzene rings is 2. The van der Waals surface area contributed by atoms with Crippen LogP contribution in [0.25, 0.3) is 17.0 Å². The zero-order valence-electron chi connectivity index (χ0n) is 24.2. The maximum absolute atomic E-state index is 13.3. The zero-order valence-corrected chi connectivity index (χ0v) is 24.2. The number of ether oxygens (including phenoxy) is 1. The summed E-state index contributed by atoms with van der Waals surface area (Å²) in [5.74, 6) is -0.495. The Kier molecular flexibility index (Phi) is 11.8. The molecule has 0 saturated heterocycles. The minimum absolute atomic E-state index is 0.167. The van der Waals surface area contributed by atoms with E-state index in [9.17, 15) is 14.7 Å². The fourth-order valence-electron chi connectivity index (χ4n) is 4.43. The second-order valence-corrected chi connectivity index (χ2v) is 10.3. The number of aromatic nitrogens is 1. The fourth-order valence-corrected chi connectivity index (χ4v) is 4.43. The van der Waals surface area contributed by atoms with Crippen LogP contribution in [0.3, 0.4) is 0 Å². The molecule has 212 valence electrons. The van der Waals surface area contributed by atoms with Crippen molar-refractivity contribution >= 4 is 28.6 Å². The number of rotatable bonds is 14. The summed E-state index contributed by atoms with van der Waals surface area (Å²) in [5.41, 5.74) is 4.08. The summed E-state index contributed by atoms with van der Waals surface area (Å²) >= 11 is 0. The van der Waals surface area contributed by atoms with Gasteiger partial charge in [0.15, 0.2) is 5.75 Å². The molecular formula is C34H42N2O4. The quantitative estimate of drug-likeness (QED) is 0.123. The molecule has 40 heavy (non-hydrogen) atoms. The summed E-state index contributed by atoms with van der Waals surface area (Å²) in [7, 11) is 0. The van der Waals surface area contributed by atoms with Crippen LogP contribution < -0.4 is 15.6 Å². The zero-order chi connectivity index (χ0) is 28.9. The smallest absolute Gasteiger partial charge is 0.297 e. The first-order chi connectivity index (χ1) is 19.3. The van der Waals surface area contributed by atoms with Crippen LogP contribution in [0.4, 0.5) is 5.69 Å². The van der Waals surface area contributed by atoms with E-state index in [0.717, 1.165) is 44.1 Å². The maximum atomic E-state index is 13.3. The molecule has 0 fully saturated rings. The molecule has 0 unspecified atom stereocenters. The molecular weight excluding hydrogens is 500 g/mol. The second kappa shape index (κ2) is 15.5. The van der Waals surface area contributed by atoms with Crippen molar-refractivity contribution in [1.29, 1.82) is 0 Å². The van der Waals surface area contributed by atoms with Gasteiger partial charge >= 0.3 is 0 Å². The standard InChI is InChI=1S/C34H42N2O4/c1-5-6-7-11-22-36-30-24-28(35-31(37)20-17-27-15-9-8-10-16-27)18-19-29(30)33(32(38)34(36)39)40-23-21-26(4)14-12-13-25(2)3/h8-10,13,15-21,24,38H,5-7,11-12,14,22-23H2,1-4H3,(H,35,37). The Morgan fingerprint density at radius 3 is 2.52 bits per heavy atom. The molecule has 0 aliphatic rings. The third kappa shape index (κ3) is 9.01. The predicted molar refractivity (Wildman–Crippen MR) is 166 cm³/mol. The molecule has 2 N–H and O–H groups in total. The Hall–Kier alpha value is -4.06. The number of aryl methyl sites for hydroxylation is 1. The molecule has 0 saturated carbocycles. The average molecular weight is 543 g/mol. The van der Waals surface area contributed by atoms with Crippen LogP contribution in [0.5, 0.6) is 11.5 Å². The highest BCUT2D eigenvalue weighted by Crippen LogP contribution is 2.34. The van der Waals surface area contributed by atoms with Crippen molar-refractivity contribution in [2.75, 3.05) is 11.9 Å². The molecule has 0 aliphatic carbocycles. The van der Waals surface area contributed by atoms with Crippen molar-refractivity contribution in [2.45, 2.75) is 72.8 Å². The maximum Gasteiger partial charge on any atom is 0.297 e. The number of anilines is 1. The van der Waals surface area contributed by atoms with E-state index in [1.165, 1.54) is 17.2 Å². The lowest BCUT2D eigenvalue weighted by Gasteiger charge is -2.17. The normalized spacial score (nSPS) is 11.7. The number of allylic oxidation sites excluding steroid dienone is 3. The molecule has 1 heterocycles. The largest absolute Gasteiger partial charge is 0.500 e. The van der Waals surface area contributed by atoms with Crippen LogP contribution in [0.1, 0.15) is 71.8 Å². The highest BCUT2D eigenvalue weighted by molar-refractivity contribution is 6.03. The summed E-state index contributed by atoms with van der Waals surface area (Å²) in [6.07, 6.45) is 13.3. The first-order valence-electron chi connectivity index (χ1n) is 14.2. The van der Waals surface area contributed by atoms with Crippen LogP contribution in [0.2, 0.25) is 0 Å². The van der Waals surface area contributed by atoms with Gasteiger partial charge in [0.25, 0.3) is 5.56 Å². The van der Waals surface area contributed by atoms with Gasteiger partial charge in [0.2, 0.25) is 11.7 Å². The molecule has 0 spiro atoms. The summed E-state index contributed by atoms with van der Waals surface area (Å²) in [6, 6.07) is 14.9. The molecule has 0 radical (unpaired) electrons. The SMILES string of the molecule is CCCCCCn1c(=O)c(O)c(OCC=C(C)CCC=C(C)C)c2ccc(NC(=O)C=Cc3ccccc3)cc21. The van der Waals surface area contributed by atoms with Gasteiger partial charge in [-0.05, 0) is 75.9 Å². The van der Waals surface area contributed by atoms with E-state index in [0.29, 0.717) is 23.1 Å². The van der Waals surface area contributed by atoms with Gasteiger partial charge in [0.1, 0.15) is 6.61 Å². The average Bonchev–Trinajstić information content (AvgIpc) is 2.94. The number of hydrogen-bond acceptors (Lipinski definition) is 4. The number of hydrogen-bond donors (Lipinski definition) is 2. The van der Waals surface area contributed by atoms with Gasteiger partial charge in [-0.25, -0.2) is 0 Å². The third-order valence-corrected chi connectivity index (χ3v) is 6.68. The van der Waals surface area contributed by atoms with Gasteiger partial charge in [0.05, 0.1) is 5.52 Å². The first-order valence-corrected chi connectivity index (χ1v) is 14.2. The van der Waals surface area contributed by atoms with Crippen LogP contribution >= 0.6 is 0 Å². The van der Waals surface area contributed by atoms with Gasteiger partial charge in [-0.3, -0.25) is 9.59 Å². The summed E-state index contributed by atoms with van der Waals surface area (Å²) in [6.45, 7) is 9.07. The predicted octanol–water partition coefficient (Wildman–Crippen LogP) is 8.01. The topological polar surface area (TPSA) is 80.6 Å². The van der Waals surface area contributed by atoms with E-state index in [1.54, 1.807) is 28.8 Å². The minimum Gasteiger partial charge on any atom is -0.500 e. The first kappa shape index (κ1) is 30.5. The molecule has 2 aromatic carbocycles. The van der Waals surface area contributed by atoms with Crippen LogP contribution in [-0.4, -0.2) is 22.2 Å². The van der Waals surface area contributed by atoms with Gasteiger partial charge < -0.3 is 19.7 Å². The Morgan fingerprint density at radius 2 is 1.80 bits per heavy atom. The van der Waals surface area contributed by atoms with Crippen molar-refractivity contribution in [3.63, 3.8) is 0 Å². The Labute approximate surface area is 237 Å². The Bertz CT molecular complexity index is 1430. The molecule has 0 atom stereocenters. The molecule has 3 aromatic rings. The molecule has 6 nitrogen and oxygen atoms in total. The van der Waals surface area contributed by atoms with Crippen molar-refractivity contribution in [3.05, 3.63) is 93.8 Å². The van der Waals surface area contributed by atoms with E-state index in [1.807, 2.05) is 36.4 Å².